The van der Waals surface area contributed by atoms with E-state index >= 15 is 0 Å². The number of halogens is 1. The van der Waals surface area contributed by atoms with Crippen molar-refractivity contribution in [2.75, 3.05) is 46.3 Å². The molecule has 0 radical (unpaired) electrons. The van der Waals surface area contributed by atoms with Gasteiger partial charge in [0.1, 0.15) is 11.6 Å². The fraction of sp³-hybridized carbons (Fsp3) is 0.632. The van der Waals surface area contributed by atoms with Gasteiger partial charge in [-0.15, -0.1) is 0 Å². The van der Waals surface area contributed by atoms with E-state index in [0.717, 1.165) is 56.2 Å². The predicted molar refractivity (Wildman–Crippen MR) is 184 cm³/mol. The van der Waals surface area contributed by atoms with Crippen molar-refractivity contribution in [2.24, 2.45) is 5.92 Å². The molecule has 6 nitrogen and oxygen atoms in total. The van der Waals surface area contributed by atoms with Crippen molar-refractivity contribution in [3.05, 3.63) is 71.5 Å². The number of hydrogen-bond donors (Lipinski definition) is 1. The van der Waals surface area contributed by atoms with E-state index in [4.69, 9.17) is 0 Å². The van der Waals surface area contributed by atoms with Crippen LogP contribution < -0.4 is 5.32 Å². The van der Waals surface area contributed by atoms with Crippen LogP contribution in [0.4, 0.5) is 9.18 Å². The molecule has 5 rings (SSSR count). The number of rotatable bonds is 9. The zero-order valence-corrected chi connectivity index (χ0v) is 28.5. The average Bonchev–Trinajstić information content (AvgIpc) is 3.52. The molecule has 0 aromatic heterocycles. The van der Waals surface area contributed by atoms with Gasteiger partial charge in [0.15, 0.2) is 0 Å². The Kier molecular flexibility index (Phi) is 16.6. The van der Waals surface area contributed by atoms with Crippen molar-refractivity contribution in [1.29, 1.82) is 0 Å². The number of urea groups is 1. The summed E-state index contributed by atoms with van der Waals surface area (Å²) >= 11 is 0. The Balaban J connectivity index is 0.000000210. The monoisotopic (exact) mass is 622 g/mol. The molecule has 250 valence electrons. The molecule has 7 heteroatoms. The summed E-state index contributed by atoms with van der Waals surface area (Å²) in [6.45, 7) is 12.8. The molecule has 2 aliphatic heterocycles. The van der Waals surface area contributed by atoms with Gasteiger partial charge in [0, 0.05) is 38.6 Å². The third-order valence-corrected chi connectivity index (χ3v) is 9.47. The number of carbonyl (C=O) groups excluding carboxylic acids is 2. The number of benzene rings is 2. The number of ketones is 1. The highest BCUT2D eigenvalue weighted by molar-refractivity contribution is 5.75. The molecular formula is C38H59FN4O2. The predicted octanol–water partition coefficient (Wildman–Crippen LogP) is 7.88. The molecule has 1 saturated carbocycles. The second-order valence-electron chi connectivity index (χ2n) is 13.2. The Labute approximate surface area is 272 Å². The normalized spacial score (nSPS) is 19.5. The van der Waals surface area contributed by atoms with Gasteiger partial charge >= 0.3 is 6.03 Å². The lowest BCUT2D eigenvalue weighted by molar-refractivity contribution is -0.117. The lowest BCUT2D eigenvalue weighted by Gasteiger charge is -2.36. The molecule has 45 heavy (non-hydrogen) atoms. The molecular weight excluding hydrogens is 563 g/mol. The number of Topliss-reactive ketones (excluding diaryl/α,β-unsaturated/α-hetero) is 1. The van der Waals surface area contributed by atoms with Gasteiger partial charge in [-0.2, -0.15) is 0 Å². The maximum atomic E-state index is 12.8. The highest BCUT2D eigenvalue weighted by atomic mass is 19.1. The summed E-state index contributed by atoms with van der Waals surface area (Å²) in [7, 11) is 2.11. The Morgan fingerprint density at radius 3 is 2.13 bits per heavy atom. The van der Waals surface area contributed by atoms with Crippen molar-refractivity contribution in [2.45, 2.75) is 103 Å². The molecule has 0 spiro atoms. The van der Waals surface area contributed by atoms with E-state index in [1.165, 1.54) is 70.3 Å². The van der Waals surface area contributed by atoms with E-state index in [-0.39, 0.29) is 17.6 Å². The summed E-state index contributed by atoms with van der Waals surface area (Å²) in [6.07, 6.45) is 12.5. The third-order valence-electron chi connectivity index (χ3n) is 9.47. The van der Waals surface area contributed by atoms with Crippen molar-refractivity contribution in [3.63, 3.8) is 0 Å². The Bertz CT molecular complexity index is 1100. The van der Waals surface area contributed by atoms with Crippen LogP contribution in [-0.2, 0) is 11.3 Å². The first-order chi connectivity index (χ1) is 21.8. The van der Waals surface area contributed by atoms with Gasteiger partial charge in [-0.1, -0.05) is 68.7 Å². The average molecular weight is 623 g/mol. The van der Waals surface area contributed by atoms with Gasteiger partial charge in [0.05, 0.1) is 0 Å². The number of nitrogens with one attached hydrogen (secondary N) is 1. The van der Waals surface area contributed by atoms with E-state index < -0.39 is 0 Å². The maximum Gasteiger partial charge on any atom is 0.317 e. The third kappa shape index (κ3) is 13.6. The number of likely N-dealkylation sites (tertiary alicyclic amines) is 2. The summed E-state index contributed by atoms with van der Waals surface area (Å²) in [5.74, 6) is 1.81. The second-order valence-corrected chi connectivity index (χ2v) is 13.2. The molecule has 0 bridgehead atoms. The molecule has 1 unspecified atom stereocenters. The zero-order chi connectivity index (χ0) is 32.4. The maximum absolute atomic E-state index is 12.8. The molecule has 2 heterocycles. The SMILES string of the molecule is CCCC(C)=O.CCN(C(=O)NCc1ccc(F)cc1)C1CCN(C)CC1.c1ccc(C2CCN(CC3CCCCC3)C2)cc1. The Morgan fingerprint density at radius 1 is 0.889 bits per heavy atom. The van der Waals surface area contributed by atoms with Crippen LogP contribution in [0.2, 0.25) is 0 Å². The van der Waals surface area contributed by atoms with Gasteiger partial charge in [-0.05, 0) is 114 Å². The van der Waals surface area contributed by atoms with E-state index in [0.29, 0.717) is 19.1 Å². The fourth-order valence-electron chi connectivity index (χ4n) is 6.84. The lowest BCUT2D eigenvalue weighted by atomic mass is 9.89. The standard InChI is InChI=1S/C17H25N.C16H24FN3O.C5H10O/c1-3-7-15(8-4-1)13-18-12-11-17(14-18)16-9-5-2-6-10-16;1-3-20(15-8-10-19(2)11-9-15)16(21)18-12-13-4-6-14(17)7-5-13;1-3-4-5(2)6/h2,5-6,9-10,15,17H,1,3-4,7-8,11-14H2;4-7,15H,3,8-12H2,1-2H3,(H,18,21);3-4H2,1-2H3. The van der Waals surface area contributed by atoms with Crippen LogP contribution >= 0.6 is 0 Å². The van der Waals surface area contributed by atoms with Crippen molar-refractivity contribution < 1.29 is 14.0 Å². The molecule has 2 amide bonds. The molecule has 3 aliphatic rings. The summed E-state index contributed by atoms with van der Waals surface area (Å²) in [6, 6.07) is 17.6. The molecule has 2 aromatic carbocycles. The van der Waals surface area contributed by atoms with E-state index in [9.17, 15) is 14.0 Å². The Hall–Kier alpha value is -2.77. The summed E-state index contributed by atoms with van der Waals surface area (Å²) in [5, 5.41) is 2.93. The first kappa shape index (κ1) is 36.7. The first-order valence-corrected chi connectivity index (χ1v) is 17.5. The molecule has 3 fully saturated rings. The molecule has 1 N–H and O–H groups in total. The molecule has 2 saturated heterocycles. The van der Waals surface area contributed by atoms with Crippen LogP contribution in [0.15, 0.2) is 54.6 Å². The zero-order valence-electron chi connectivity index (χ0n) is 28.5. The van der Waals surface area contributed by atoms with Gasteiger partial charge < -0.3 is 24.8 Å². The minimum absolute atomic E-state index is 0.0311. The van der Waals surface area contributed by atoms with Crippen LogP contribution in [0.25, 0.3) is 0 Å². The van der Waals surface area contributed by atoms with Crippen LogP contribution in [0, 0.1) is 11.7 Å². The molecule has 1 aliphatic carbocycles. The number of piperidine rings is 1. The summed E-state index contributed by atoms with van der Waals surface area (Å²) < 4.78 is 12.8. The number of hydrogen-bond acceptors (Lipinski definition) is 4. The quantitative estimate of drug-likeness (QED) is 0.309. The summed E-state index contributed by atoms with van der Waals surface area (Å²) in [5.41, 5.74) is 2.45. The topological polar surface area (TPSA) is 55.9 Å². The van der Waals surface area contributed by atoms with Crippen LogP contribution in [0.3, 0.4) is 0 Å². The van der Waals surface area contributed by atoms with E-state index in [1.807, 2.05) is 18.7 Å². The van der Waals surface area contributed by atoms with Gasteiger partial charge in [0.2, 0.25) is 0 Å². The minimum atomic E-state index is -0.258. The number of carbonyl (C=O) groups is 2. The van der Waals surface area contributed by atoms with Crippen LogP contribution in [-0.4, -0.2) is 78.9 Å². The van der Waals surface area contributed by atoms with Crippen molar-refractivity contribution in [1.82, 2.24) is 20.0 Å². The number of amides is 2. The number of nitrogens with zero attached hydrogens (tertiary/aromatic N) is 3. The van der Waals surface area contributed by atoms with Crippen LogP contribution in [0.5, 0.6) is 0 Å². The Morgan fingerprint density at radius 2 is 1.56 bits per heavy atom. The van der Waals surface area contributed by atoms with Crippen molar-refractivity contribution >= 4 is 11.8 Å². The largest absolute Gasteiger partial charge is 0.334 e. The van der Waals surface area contributed by atoms with E-state index in [1.54, 1.807) is 24.6 Å². The highest BCUT2D eigenvalue weighted by Gasteiger charge is 2.27. The summed E-state index contributed by atoms with van der Waals surface area (Å²) in [4.78, 5) is 29.3. The van der Waals surface area contributed by atoms with Crippen molar-refractivity contribution in [3.8, 4) is 0 Å². The van der Waals surface area contributed by atoms with E-state index in [2.05, 4.69) is 52.5 Å². The van der Waals surface area contributed by atoms with Gasteiger partial charge in [-0.3, -0.25) is 0 Å². The smallest absolute Gasteiger partial charge is 0.317 e. The molecule has 2 aromatic rings. The lowest BCUT2D eigenvalue weighted by Crippen LogP contribution is -2.49. The van der Waals surface area contributed by atoms with Gasteiger partial charge in [-0.25, -0.2) is 9.18 Å². The molecule has 1 atom stereocenters. The van der Waals surface area contributed by atoms with Crippen LogP contribution in [0.1, 0.15) is 102 Å². The fourth-order valence-corrected chi connectivity index (χ4v) is 6.84. The van der Waals surface area contributed by atoms with Gasteiger partial charge in [0.25, 0.3) is 0 Å². The minimum Gasteiger partial charge on any atom is -0.334 e. The second kappa shape index (κ2) is 20.4. The first-order valence-electron chi connectivity index (χ1n) is 17.5. The highest BCUT2D eigenvalue weighted by Crippen LogP contribution is 2.30.